The lowest BCUT2D eigenvalue weighted by molar-refractivity contribution is -0.124. The summed E-state index contributed by atoms with van der Waals surface area (Å²) in [5, 5.41) is 11.6. The molecule has 0 spiro atoms. The van der Waals surface area contributed by atoms with Crippen molar-refractivity contribution in [2.45, 2.75) is 32.2 Å². The molecule has 1 aliphatic rings. The minimum Gasteiger partial charge on any atom is -0.465 e. The van der Waals surface area contributed by atoms with Gasteiger partial charge in [0.25, 0.3) is 0 Å². The standard InChI is InChI=1S/C10H18N2O3/c1-3-11-9(13)7-4-5-8(6-7)12(2)10(14)15/h7-8H,3-6H2,1-2H3,(H,11,13)(H,14,15)/t7-,8+/m0/s1. The zero-order chi connectivity index (χ0) is 11.4. The fraction of sp³-hybridized carbons (Fsp3) is 0.800. The minimum absolute atomic E-state index is 0.00453. The Morgan fingerprint density at radius 1 is 1.47 bits per heavy atom. The van der Waals surface area contributed by atoms with Gasteiger partial charge in [0.2, 0.25) is 5.91 Å². The van der Waals surface area contributed by atoms with Gasteiger partial charge in [-0.1, -0.05) is 0 Å². The van der Waals surface area contributed by atoms with E-state index >= 15 is 0 Å². The molecule has 1 aliphatic carbocycles. The largest absolute Gasteiger partial charge is 0.465 e. The van der Waals surface area contributed by atoms with Crippen LogP contribution in [0.5, 0.6) is 0 Å². The summed E-state index contributed by atoms with van der Waals surface area (Å²) in [6.45, 7) is 2.52. The predicted octanol–water partition coefficient (Wildman–Crippen LogP) is 0.901. The molecule has 5 heteroatoms. The molecule has 2 amide bonds. The Balaban J connectivity index is 2.45. The highest BCUT2D eigenvalue weighted by Crippen LogP contribution is 2.28. The van der Waals surface area contributed by atoms with E-state index in [2.05, 4.69) is 5.32 Å². The molecule has 0 aliphatic heterocycles. The number of nitrogens with zero attached hydrogens (tertiary/aromatic N) is 1. The van der Waals surface area contributed by atoms with Crippen molar-refractivity contribution >= 4 is 12.0 Å². The van der Waals surface area contributed by atoms with Gasteiger partial charge in [-0.25, -0.2) is 4.79 Å². The van der Waals surface area contributed by atoms with E-state index in [1.807, 2.05) is 6.92 Å². The van der Waals surface area contributed by atoms with Gasteiger partial charge >= 0.3 is 6.09 Å². The summed E-state index contributed by atoms with van der Waals surface area (Å²) < 4.78 is 0. The van der Waals surface area contributed by atoms with Crippen molar-refractivity contribution in [3.8, 4) is 0 Å². The van der Waals surface area contributed by atoms with Crippen molar-refractivity contribution in [1.29, 1.82) is 0 Å². The molecule has 5 nitrogen and oxygen atoms in total. The van der Waals surface area contributed by atoms with E-state index in [9.17, 15) is 9.59 Å². The first-order chi connectivity index (χ1) is 7.06. The van der Waals surface area contributed by atoms with Crippen LogP contribution in [0.2, 0.25) is 0 Å². The third-order valence-corrected chi connectivity index (χ3v) is 2.98. The molecule has 1 fully saturated rings. The van der Waals surface area contributed by atoms with Gasteiger partial charge in [-0.05, 0) is 26.2 Å². The molecule has 0 aromatic rings. The second-order valence-corrected chi connectivity index (χ2v) is 3.95. The molecule has 0 aromatic heterocycles. The maximum atomic E-state index is 11.5. The summed E-state index contributed by atoms with van der Waals surface area (Å²) in [4.78, 5) is 23.5. The molecule has 2 N–H and O–H groups in total. The highest BCUT2D eigenvalue weighted by Gasteiger charge is 2.33. The van der Waals surface area contributed by atoms with Gasteiger partial charge in [-0.15, -0.1) is 0 Å². The maximum Gasteiger partial charge on any atom is 0.407 e. The molecule has 0 radical (unpaired) electrons. The lowest BCUT2D eigenvalue weighted by atomic mass is 10.1. The van der Waals surface area contributed by atoms with Crippen LogP contribution in [0.1, 0.15) is 26.2 Å². The lowest BCUT2D eigenvalue weighted by Crippen LogP contribution is -2.35. The highest BCUT2D eigenvalue weighted by molar-refractivity contribution is 5.79. The van der Waals surface area contributed by atoms with E-state index in [-0.39, 0.29) is 17.9 Å². The van der Waals surface area contributed by atoms with Crippen LogP contribution in [0, 0.1) is 5.92 Å². The summed E-state index contributed by atoms with van der Waals surface area (Å²) in [6.07, 6.45) is 1.30. The molecule has 2 atom stereocenters. The number of carbonyl (C=O) groups is 2. The predicted molar refractivity (Wildman–Crippen MR) is 55.6 cm³/mol. The van der Waals surface area contributed by atoms with Crippen molar-refractivity contribution < 1.29 is 14.7 Å². The van der Waals surface area contributed by atoms with Crippen LogP contribution in [0.15, 0.2) is 0 Å². The van der Waals surface area contributed by atoms with E-state index in [4.69, 9.17) is 5.11 Å². The Bertz CT molecular complexity index is 255. The zero-order valence-corrected chi connectivity index (χ0v) is 9.19. The number of hydrogen-bond donors (Lipinski definition) is 2. The number of amides is 2. The molecule has 1 rings (SSSR count). The number of nitrogens with one attached hydrogen (secondary N) is 1. The third-order valence-electron chi connectivity index (χ3n) is 2.98. The van der Waals surface area contributed by atoms with Gasteiger partial charge in [0.1, 0.15) is 0 Å². The molecule has 0 heterocycles. The molecular weight excluding hydrogens is 196 g/mol. The van der Waals surface area contributed by atoms with Crippen molar-refractivity contribution in [2.75, 3.05) is 13.6 Å². The topological polar surface area (TPSA) is 69.6 Å². The highest BCUT2D eigenvalue weighted by atomic mass is 16.4. The SMILES string of the molecule is CCNC(=O)[C@H]1CC[C@@H](N(C)C(=O)O)C1. The summed E-state index contributed by atoms with van der Waals surface area (Å²) in [6, 6.07) is -0.00453. The first-order valence-corrected chi connectivity index (χ1v) is 5.29. The monoisotopic (exact) mass is 214 g/mol. The van der Waals surface area contributed by atoms with E-state index in [1.165, 1.54) is 4.90 Å². The van der Waals surface area contributed by atoms with Crippen LogP contribution < -0.4 is 5.32 Å². The summed E-state index contributed by atoms with van der Waals surface area (Å²) >= 11 is 0. The molecule has 1 saturated carbocycles. The number of carbonyl (C=O) groups excluding carboxylic acids is 1. The Kier molecular flexibility index (Phi) is 3.94. The first kappa shape index (κ1) is 11.8. The Morgan fingerprint density at radius 2 is 2.13 bits per heavy atom. The fourth-order valence-corrected chi connectivity index (χ4v) is 2.02. The molecule has 0 aromatic carbocycles. The van der Waals surface area contributed by atoms with Crippen LogP contribution in [0.3, 0.4) is 0 Å². The number of hydrogen-bond acceptors (Lipinski definition) is 2. The van der Waals surface area contributed by atoms with Crippen LogP contribution in [0.25, 0.3) is 0 Å². The molecule has 86 valence electrons. The van der Waals surface area contributed by atoms with Gasteiger partial charge in [0.15, 0.2) is 0 Å². The minimum atomic E-state index is -0.920. The Labute approximate surface area is 89.4 Å². The molecule has 0 bridgehead atoms. The van der Waals surface area contributed by atoms with Crippen molar-refractivity contribution in [3.63, 3.8) is 0 Å². The van der Waals surface area contributed by atoms with Crippen LogP contribution in [0.4, 0.5) is 4.79 Å². The molecule has 0 saturated heterocycles. The smallest absolute Gasteiger partial charge is 0.407 e. The van der Waals surface area contributed by atoms with E-state index < -0.39 is 6.09 Å². The maximum absolute atomic E-state index is 11.5. The van der Waals surface area contributed by atoms with E-state index in [0.29, 0.717) is 13.0 Å². The van der Waals surface area contributed by atoms with Crippen LogP contribution >= 0.6 is 0 Å². The average Bonchev–Trinajstić information content (AvgIpc) is 2.65. The second kappa shape index (κ2) is 5.00. The van der Waals surface area contributed by atoms with Gasteiger partial charge in [0.05, 0.1) is 0 Å². The van der Waals surface area contributed by atoms with Crippen LogP contribution in [-0.4, -0.2) is 41.6 Å². The summed E-state index contributed by atoms with van der Waals surface area (Å²) in [7, 11) is 1.56. The van der Waals surface area contributed by atoms with Crippen molar-refractivity contribution in [2.24, 2.45) is 5.92 Å². The van der Waals surface area contributed by atoms with E-state index in [1.54, 1.807) is 7.05 Å². The number of rotatable bonds is 3. The molecule has 0 unspecified atom stereocenters. The van der Waals surface area contributed by atoms with Gasteiger partial charge in [-0.2, -0.15) is 0 Å². The molecular formula is C10H18N2O3. The van der Waals surface area contributed by atoms with Crippen LogP contribution in [-0.2, 0) is 4.79 Å². The summed E-state index contributed by atoms with van der Waals surface area (Å²) in [5.74, 6) is 0.0375. The third kappa shape index (κ3) is 2.84. The fourth-order valence-electron chi connectivity index (χ4n) is 2.02. The second-order valence-electron chi connectivity index (χ2n) is 3.95. The number of carboxylic acid groups (broad SMARTS) is 1. The van der Waals surface area contributed by atoms with Gasteiger partial charge < -0.3 is 15.3 Å². The Morgan fingerprint density at radius 3 is 2.67 bits per heavy atom. The van der Waals surface area contributed by atoms with Crippen molar-refractivity contribution in [3.05, 3.63) is 0 Å². The zero-order valence-electron chi connectivity index (χ0n) is 9.19. The van der Waals surface area contributed by atoms with Gasteiger partial charge in [0, 0.05) is 25.6 Å². The quantitative estimate of drug-likeness (QED) is 0.733. The first-order valence-electron chi connectivity index (χ1n) is 5.29. The molecule has 15 heavy (non-hydrogen) atoms. The lowest BCUT2D eigenvalue weighted by Gasteiger charge is -2.21. The Hall–Kier alpha value is -1.26. The van der Waals surface area contributed by atoms with Crippen molar-refractivity contribution in [1.82, 2.24) is 10.2 Å². The average molecular weight is 214 g/mol. The van der Waals surface area contributed by atoms with E-state index in [0.717, 1.165) is 12.8 Å². The van der Waals surface area contributed by atoms with Gasteiger partial charge in [-0.3, -0.25) is 4.79 Å². The normalized spacial score (nSPS) is 24.9. The summed E-state index contributed by atoms with van der Waals surface area (Å²) in [5.41, 5.74) is 0.